The number of fused-ring (bicyclic) bond motifs is 1. The van der Waals surface area contributed by atoms with E-state index in [1.54, 1.807) is 12.1 Å². The van der Waals surface area contributed by atoms with Crippen molar-refractivity contribution >= 4 is 11.4 Å². The van der Waals surface area contributed by atoms with Crippen LogP contribution < -0.4 is 10.1 Å². The summed E-state index contributed by atoms with van der Waals surface area (Å²) < 4.78 is 6.12. The summed E-state index contributed by atoms with van der Waals surface area (Å²) in [6.45, 7) is 8.02. The summed E-state index contributed by atoms with van der Waals surface area (Å²) in [5.41, 5.74) is 1.71. The minimum Gasteiger partial charge on any atom is -0.488 e. The molecule has 0 fully saturated rings. The Bertz CT molecular complexity index is 651. The van der Waals surface area contributed by atoms with E-state index in [9.17, 15) is 10.1 Å². The van der Waals surface area contributed by atoms with E-state index in [-0.39, 0.29) is 16.7 Å². The second-order valence-electron chi connectivity index (χ2n) is 8.29. The molecule has 28 heavy (non-hydrogen) atoms. The fourth-order valence-corrected chi connectivity index (χ4v) is 3.52. The smallest absolute Gasteiger partial charge is 0.292 e. The van der Waals surface area contributed by atoms with Crippen molar-refractivity contribution in [2.45, 2.75) is 45.6 Å². The van der Waals surface area contributed by atoms with Gasteiger partial charge in [-0.05, 0) is 59.1 Å². The molecule has 2 atom stereocenters. The van der Waals surface area contributed by atoms with Crippen LogP contribution >= 0.6 is 0 Å². The van der Waals surface area contributed by atoms with Crippen LogP contribution in [0.2, 0.25) is 0 Å². The third-order valence-corrected chi connectivity index (χ3v) is 5.47. The number of hydrogen-bond donors (Lipinski definition) is 1. The molecule has 7 heteroatoms. The number of nitro groups is 1. The van der Waals surface area contributed by atoms with E-state index < -0.39 is 0 Å². The Hall–Kier alpha value is -1.86. The summed E-state index contributed by atoms with van der Waals surface area (Å²) in [6.07, 6.45) is 4.06. The maximum Gasteiger partial charge on any atom is 0.292 e. The molecule has 0 saturated heterocycles. The van der Waals surface area contributed by atoms with Gasteiger partial charge in [0.25, 0.3) is 5.69 Å². The molecule has 0 bridgehead atoms. The van der Waals surface area contributed by atoms with Crippen molar-refractivity contribution in [1.29, 1.82) is 0 Å². The van der Waals surface area contributed by atoms with Crippen LogP contribution in [0.25, 0.3) is 0 Å². The van der Waals surface area contributed by atoms with Gasteiger partial charge in [-0.2, -0.15) is 0 Å². The van der Waals surface area contributed by atoms with Crippen LogP contribution in [0, 0.1) is 16.0 Å². The lowest BCUT2D eigenvalue weighted by Gasteiger charge is -2.22. The van der Waals surface area contributed by atoms with Crippen molar-refractivity contribution in [1.82, 2.24) is 9.80 Å². The van der Waals surface area contributed by atoms with Crippen LogP contribution in [-0.4, -0.2) is 68.1 Å². The molecule has 2 rings (SSSR count). The minimum atomic E-state index is -0.305. The molecule has 1 aliphatic rings. The molecule has 0 aromatic heterocycles. The summed E-state index contributed by atoms with van der Waals surface area (Å²) >= 11 is 0. The van der Waals surface area contributed by atoms with Gasteiger partial charge in [0, 0.05) is 31.1 Å². The number of likely N-dealkylation sites (N-methyl/N-ethyl adjacent to an activating group) is 1. The number of nitrogens with one attached hydrogen (secondary N) is 1. The van der Waals surface area contributed by atoms with Crippen LogP contribution in [0.1, 0.15) is 38.7 Å². The normalized spacial score (nSPS) is 16.9. The zero-order valence-electron chi connectivity index (χ0n) is 18.0. The molecule has 1 aromatic rings. The predicted octanol–water partition coefficient (Wildman–Crippen LogP) is 3.63. The quantitative estimate of drug-likeness (QED) is 0.333. The van der Waals surface area contributed by atoms with Crippen molar-refractivity contribution in [3.05, 3.63) is 27.8 Å². The lowest BCUT2D eigenvalue weighted by molar-refractivity contribution is -0.384. The molecule has 0 radical (unpaired) electrons. The van der Waals surface area contributed by atoms with Crippen molar-refractivity contribution in [2.24, 2.45) is 5.92 Å². The SMILES string of the molecule is CCC(C)CCN(C)CC1Cc2c(ccc([N+](=O)[O-])c2NCCCN(C)C)O1. The highest BCUT2D eigenvalue weighted by Gasteiger charge is 2.30. The minimum absolute atomic E-state index is 0.0428. The van der Waals surface area contributed by atoms with Crippen LogP contribution in [0.15, 0.2) is 12.1 Å². The van der Waals surface area contributed by atoms with Gasteiger partial charge in [0.15, 0.2) is 0 Å². The Morgan fingerprint density at radius 2 is 2.07 bits per heavy atom. The van der Waals surface area contributed by atoms with Gasteiger partial charge in [-0.15, -0.1) is 0 Å². The first-order chi connectivity index (χ1) is 13.3. The van der Waals surface area contributed by atoms with E-state index in [1.807, 2.05) is 14.1 Å². The number of nitrogens with zero attached hydrogens (tertiary/aromatic N) is 3. The first kappa shape index (κ1) is 22.4. The third-order valence-electron chi connectivity index (χ3n) is 5.47. The fraction of sp³-hybridized carbons (Fsp3) is 0.714. The Morgan fingerprint density at radius 3 is 2.71 bits per heavy atom. The Labute approximate surface area is 169 Å². The van der Waals surface area contributed by atoms with E-state index in [2.05, 4.69) is 36.0 Å². The lowest BCUT2D eigenvalue weighted by Crippen LogP contribution is -2.33. The molecule has 0 saturated carbocycles. The van der Waals surface area contributed by atoms with Crippen molar-refractivity contribution < 1.29 is 9.66 Å². The largest absolute Gasteiger partial charge is 0.488 e. The van der Waals surface area contributed by atoms with E-state index in [0.717, 1.165) is 43.3 Å². The second kappa shape index (κ2) is 10.6. The van der Waals surface area contributed by atoms with Gasteiger partial charge in [-0.25, -0.2) is 0 Å². The van der Waals surface area contributed by atoms with Gasteiger partial charge in [-0.1, -0.05) is 20.3 Å². The molecule has 2 unspecified atom stereocenters. The monoisotopic (exact) mass is 392 g/mol. The zero-order chi connectivity index (χ0) is 20.7. The molecule has 158 valence electrons. The van der Waals surface area contributed by atoms with Gasteiger partial charge in [0.1, 0.15) is 17.5 Å². The van der Waals surface area contributed by atoms with Crippen molar-refractivity contribution in [3.63, 3.8) is 0 Å². The summed E-state index contributed by atoms with van der Waals surface area (Å²) in [5, 5.41) is 14.8. The highest BCUT2D eigenvalue weighted by Crippen LogP contribution is 2.40. The van der Waals surface area contributed by atoms with E-state index in [4.69, 9.17) is 4.74 Å². The second-order valence-corrected chi connectivity index (χ2v) is 8.29. The van der Waals surface area contributed by atoms with Crippen LogP contribution in [0.4, 0.5) is 11.4 Å². The molecular weight excluding hydrogens is 356 g/mol. The van der Waals surface area contributed by atoms with Gasteiger partial charge in [0.2, 0.25) is 0 Å². The van der Waals surface area contributed by atoms with Crippen LogP contribution in [0.5, 0.6) is 5.75 Å². The summed E-state index contributed by atoms with van der Waals surface area (Å²) in [5.74, 6) is 1.51. The number of nitro benzene ring substituents is 1. The molecule has 1 aliphatic heterocycles. The van der Waals surface area contributed by atoms with Crippen molar-refractivity contribution in [2.75, 3.05) is 52.6 Å². The highest BCUT2D eigenvalue weighted by molar-refractivity contribution is 5.71. The van der Waals surface area contributed by atoms with Gasteiger partial charge in [0.05, 0.1) is 4.92 Å². The van der Waals surface area contributed by atoms with Gasteiger partial charge < -0.3 is 19.9 Å². The standard InChI is InChI=1S/C21H36N4O3/c1-6-16(2)10-13-24(5)15-17-14-18-20(28-17)9-8-19(25(26)27)21(18)22-11-7-12-23(3)4/h8-9,16-17,22H,6-7,10-15H2,1-5H3. The molecular formula is C21H36N4O3. The van der Waals surface area contributed by atoms with Gasteiger partial charge >= 0.3 is 0 Å². The van der Waals surface area contributed by atoms with Crippen LogP contribution in [-0.2, 0) is 6.42 Å². The first-order valence-electron chi connectivity index (χ1n) is 10.4. The molecule has 0 spiro atoms. The predicted molar refractivity (Wildman–Crippen MR) is 114 cm³/mol. The Morgan fingerprint density at radius 1 is 1.32 bits per heavy atom. The molecule has 7 nitrogen and oxygen atoms in total. The van der Waals surface area contributed by atoms with E-state index in [1.165, 1.54) is 12.8 Å². The van der Waals surface area contributed by atoms with Crippen LogP contribution in [0.3, 0.4) is 0 Å². The van der Waals surface area contributed by atoms with Crippen molar-refractivity contribution in [3.8, 4) is 5.75 Å². The third kappa shape index (κ3) is 6.34. The first-order valence-corrected chi connectivity index (χ1v) is 10.4. The molecule has 1 aromatic carbocycles. The number of hydrogen-bond acceptors (Lipinski definition) is 6. The topological polar surface area (TPSA) is 70.9 Å². The lowest BCUT2D eigenvalue weighted by atomic mass is 10.0. The maximum absolute atomic E-state index is 11.5. The average molecular weight is 393 g/mol. The number of anilines is 1. The maximum atomic E-state index is 11.5. The summed E-state index contributed by atoms with van der Waals surface area (Å²) in [4.78, 5) is 15.6. The molecule has 1 N–H and O–H groups in total. The number of ether oxygens (including phenoxy) is 1. The number of benzene rings is 1. The van der Waals surface area contributed by atoms with Gasteiger partial charge in [-0.3, -0.25) is 10.1 Å². The van der Waals surface area contributed by atoms with E-state index >= 15 is 0 Å². The number of rotatable bonds is 12. The molecule has 0 amide bonds. The highest BCUT2D eigenvalue weighted by atomic mass is 16.6. The summed E-state index contributed by atoms with van der Waals surface area (Å²) in [6, 6.07) is 3.31. The summed E-state index contributed by atoms with van der Waals surface area (Å²) in [7, 11) is 6.18. The Kier molecular flexibility index (Phi) is 8.51. The fourth-order valence-electron chi connectivity index (χ4n) is 3.52. The Balaban J connectivity index is 2.02. The zero-order valence-corrected chi connectivity index (χ0v) is 18.0. The molecule has 0 aliphatic carbocycles. The van der Waals surface area contributed by atoms with E-state index in [0.29, 0.717) is 18.7 Å². The average Bonchev–Trinajstić information content (AvgIpc) is 3.05. The molecule has 1 heterocycles.